The summed E-state index contributed by atoms with van der Waals surface area (Å²) < 4.78 is 28.7. The summed E-state index contributed by atoms with van der Waals surface area (Å²) in [6, 6.07) is 0. The Balaban J connectivity index is 0. The molecule has 3 N–H and O–H groups in total. The van der Waals surface area contributed by atoms with Crippen LogP contribution in [0.3, 0.4) is 0 Å². The molecule has 0 fully saturated rings. The highest BCUT2D eigenvalue weighted by molar-refractivity contribution is 7.87. The SMILES string of the molecule is CCCCCCCCCCCCCCCCCC.O=C(O)CC(C(=O)O)S(=O)(=O)O. The Morgan fingerprint density at radius 2 is 0.900 bits per heavy atom. The van der Waals surface area contributed by atoms with Crippen LogP contribution in [-0.2, 0) is 19.7 Å². The Bertz CT molecular complexity index is 502. The van der Waals surface area contributed by atoms with Gasteiger partial charge in [-0.3, -0.25) is 14.1 Å². The van der Waals surface area contributed by atoms with E-state index in [9.17, 15) is 18.0 Å². The third-order valence-corrected chi connectivity index (χ3v) is 6.04. The number of hydrogen-bond donors (Lipinski definition) is 3. The van der Waals surface area contributed by atoms with Crippen LogP contribution in [0.25, 0.3) is 0 Å². The number of aliphatic carboxylic acids is 2. The van der Waals surface area contributed by atoms with E-state index in [1.807, 2.05) is 0 Å². The van der Waals surface area contributed by atoms with Crippen LogP contribution in [-0.4, -0.2) is 40.4 Å². The minimum Gasteiger partial charge on any atom is -0.481 e. The van der Waals surface area contributed by atoms with Crippen molar-refractivity contribution in [1.29, 1.82) is 0 Å². The maximum absolute atomic E-state index is 10.2. The summed E-state index contributed by atoms with van der Waals surface area (Å²) in [5.41, 5.74) is 0. The van der Waals surface area contributed by atoms with Gasteiger partial charge < -0.3 is 10.2 Å². The number of carbonyl (C=O) groups is 2. The Kier molecular flexibility index (Phi) is 21.8. The fourth-order valence-electron chi connectivity index (χ4n) is 3.10. The largest absolute Gasteiger partial charge is 0.481 e. The minimum atomic E-state index is -4.84. The molecule has 1 atom stereocenters. The van der Waals surface area contributed by atoms with E-state index in [2.05, 4.69) is 13.8 Å². The molecule has 7 nitrogen and oxygen atoms in total. The van der Waals surface area contributed by atoms with Crippen molar-refractivity contribution in [1.82, 2.24) is 0 Å². The van der Waals surface area contributed by atoms with Crippen molar-refractivity contribution in [3.63, 3.8) is 0 Å². The molecule has 0 aromatic carbocycles. The van der Waals surface area contributed by atoms with Crippen LogP contribution in [0, 0.1) is 0 Å². The summed E-state index contributed by atoms with van der Waals surface area (Å²) in [5, 5.41) is 13.9. The standard InChI is InChI=1S/C18H38.C4H6O7S/c1-3-5-7-9-11-13-15-17-18-16-14-12-10-8-6-4-2;5-3(6)1-2(4(7)8)12(9,10)11/h3-18H2,1-2H3;2H,1H2,(H,5,6)(H,7,8)(H,9,10,11). The number of hydrogen-bond acceptors (Lipinski definition) is 4. The second kappa shape index (κ2) is 21.1. The monoisotopic (exact) mass is 452 g/mol. The van der Waals surface area contributed by atoms with E-state index < -0.39 is 33.7 Å². The summed E-state index contributed by atoms with van der Waals surface area (Å²) in [4.78, 5) is 20.0. The van der Waals surface area contributed by atoms with Crippen molar-refractivity contribution in [3.05, 3.63) is 0 Å². The molecule has 0 aromatic heterocycles. The average molecular weight is 453 g/mol. The van der Waals surface area contributed by atoms with E-state index in [1.54, 1.807) is 0 Å². The molecular weight excluding hydrogens is 408 g/mol. The van der Waals surface area contributed by atoms with Gasteiger partial charge in [0.2, 0.25) is 0 Å². The van der Waals surface area contributed by atoms with Crippen molar-refractivity contribution < 1.29 is 32.8 Å². The molecule has 0 bridgehead atoms. The highest BCUT2D eigenvalue weighted by Crippen LogP contribution is 2.13. The second-order valence-corrected chi connectivity index (χ2v) is 9.49. The lowest BCUT2D eigenvalue weighted by atomic mass is 10.0. The normalized spacial score (nSPS) is 12.1. The third kappa shape index (κ3) is 23.1. The van der Waals surface area contributed by atoms with Gasteiger partial charge in [0, 0.05) is 0 Å². The highest BCUT2D eigenvalue weighted by atomic mass is 32.2. The second-order valence-electron chi connectivity index (χ2n) is 7.89. The van der Waals surface area contributed by atoms with Crippen molar-refractivity contribution in [2.45, 2.75) is 128 Å². The van der Waals surface area contributed by atoms with Crippen LogP contribution in [0.4, 0.5) is 0 Å². The van der Waals surface area contributed by atoms with Crippen molar-refractivity contribution in [2.75, 3.05) is 0 Å². The van der Waals surface area contributed by atoms with Gasteiger partial charge in [-0.15, -0.1) is 0 Å². The van der Waals surface area contributed by atoms with Gasteiger partial charge >= 0.3 is 11.9 Å². The summed E-state index contributed by atoms with van der Waals surface area (Å²) in [5.74, 6) is -3.50. The van der Waals surface area contributed by atoms with Gasteiger partial charge in [0.25, 0.3) is 10.1 Å². The summed E-state index contributed by atoms with van der Waals surface area (Å²) in [6.07, 6.45) is 22.3. The molecule has 30 heavy (non-hydrogen) atoms. The summed E-state index contributed by atoms with van der Waals surface area (Å²) in [7, 11) is -4.84. The van der Waals surface area contributed by atoms with Gasteiger partial charge in [0.1, 0.15) is 0 Å². The molecule has 0 aromatic rings. The summed E-state index contributed by atoms with van der Waals surface area (Å²) in [6.45, 7) is 4.59. The third-order valence-electron chi connectivity index (χ3n) is 4.95. The Morgan fingerprint density at radius 1 is 0.633 bits per heavy atom. The van der Waals surface area contributed by atoms with Crippen LogP contribution in [0.5, 0.6) is 0 Å². The first kappa shape index (κ1) is 31.0. The van der Waals surface area contributed by atoms with E-state index in [-0.39, 0.29) is 0 Å². The average Bonchev–Trinajstić information content (AvgIpc) is 2.66. The molecule has 0 aliphatic heterocycles. The molecule has 0 heterocycles. The number of unbranched alkanes of at least 4 members (excludes halogenated alkanes) is 15. The molecule has 0 saturated heterocycles. The fourth-order valence-corrected chi connectivity index (χ4v) is 3.71. The fraction of sp³-hybridized carbons (Fsp3) is 0.909. The van der Waals surface area contributed by atoms with Crippen LogP contribution in [0.2, 0.25) is 0 Å². The quantitative estimate of drug-likeness (QED) is 0.160. The molecule has 0 spiro atoms. The molecule has 1 unspecified atom stereocenters. The Morgan fingerprint density at radius 3 is 1.03 bits per heavy atom. The minimum absolute atomic E-state index is 1.16. The summed E-state index contributed by atoms with van der Waals surface area (Å²) >= 11 is 0. The van der Waals surface area contributed by atoms with Gasteiger partial charge in [-0.25, -0.2) is 0 Å². The van der Waals surface area contributed by atoms with E-state index in [1.165, 1.54) is 103 Å². The molecular formula is C22H44O7S. The first-order valence-corrected chi connectivity index (χ1v) is 13.1. The maximum atomic E-state index is 10.2. The lowest BCUT2D eigenvalue weighted by Gasteiger charge is -2.04. The van der Waals surface area contributed by atoms with Crippen molar-refractivity contribution in [3.8, 4) is 0 Å². The first-order valence-electron chi connectivity index (χ1n) is 11.6. The number of carboxylic acid groups (broad SMARTS) is 2. The van der Waals surface area contributed by atoms with Gasteiger partial charge in [-0.1, -0.05) is 117 Å². The van der Waals surface area contributed by atoms with Crippen LogP contribution in [0.1, 0.15) is 123 Å². The van der Waals surface area contributed by atoms with Gasteiger partial charge in [-0.2, -0.15) is 8.42 Å². The van der Waals surface area contributed by atoms with Gasteiger partial charge in [0.15, 0.2) is 5.25 Å². The molecule has 0 amide bonds. The molecule has 180 valence electrons. The smallest absolute Gasteiger partial charge is 0.325 e. The zero-order chi connectivity index (χ0) is 23.3. The van der Waals surface area contributed by atoms with Crippen LogP contribution in [0.15, 0.2) is 0 Å². The Hall–Kier alpha value is -1.15. The molecule has 0 saturated carbocycles. The van der Waals surface area contributed by atoms with Crippen LogP contribution >= 0.6 is 0 Å². The van der Waals surface area contributed by atoms with Crippen molar-refractivity contribution in [2.24, 2.45) is 0 Å². The van der Waals surface area contributed by atoms with Crippen LogP contribution < -0.4 is 0 Å². The van der Waals surface area contributed by atoms with Gasteiger partial charge in [0.05, 0.1) is 6.42 Å². The zero-order valence-electron chi connectivity index (χ0n) is 19.0. The van der Waals surface area contributed by atoms with E-state index in [0.717, 1.165) is 0 Å². The van der Waals surface area contributed by atoms with E-state index in [4.69, 9.17) is 14.8 Å². The zero-order valence-corrected chi connectivity index (χ0v) is 19.8. The maximum Gasteiger partial charge on any atom is 0.325 e. The predicted octanol–water partition coefficient (Wildman–Crippen LogP) is 6.07. The van der Waals surface area contributed by atoms with E-state index in [0.29, 0.717) is 0 Å². The number of carboxylic acids is 2. The first-order chi connectivity index (χ1) is 14.2. The predicted molar refractivity (Wildman–Crippen MR) is 120 cm³/mol. The molecule has 0 radical (unpaired) electrons. The highest BCUT2D eigenvalue weighted by Gasteiger charge is 2.33. The topological polar surface area (TPSA) is 129 Å². The molecule has 8 heteroatoms. The Labute approximate surface area is 183 Å². The van der Waals surface area contributed by atoms with Gasteiger partial charge in [-0.05, 0) is 0 Å². The molecule has 0 aliphatic rings. The van der Waals surface area contributed by atoms with Crippen molar-refractivity contribution >= 4 is 22.1 Å². The molecule has 0 rings (SSSR count). The lowest BCUT2D eigenvalue weighted by molar-refractivity contribution is -0.143. The lowest BCUT2D eigenvalue weighted by Crippen LogP contribution is -2.31. The molecule has 0 aliphatic carbocycles. The number of rotatable bonds is 19. The van der Waals surface area contributed by atoms with E-state index >= 15 is 0 Å².